The molecule has 0 bridgehead atoms. The van der Waals surface area contributed by atoms with Gasteiger partial charge in [0.05, 0.1) is 37.6 Å². The average Bonchev–Trinajstić information content (AvgIpc) is 2.69. The van der Waals surface area contributed by atoms with Crippen LogP contribution in [0.15, 0.2) is 0 Å². The van der Waals surface area contributed by atoms with E-state index in [9.17, 15) is 10.2 Å². The highest BCUT2D eigenvalue weighted by molar-refractivity contribution is 6.18. The van der Waals surface area contributed by atoms with Gasteiger partial charge in [0.15, 0.2) is 0 Å². The molecule has 0 radical (unpaired) electrons. The van der Waals surface area contributed by atoms with Crippen molar-refractivity contribution in [2.45, 2.75) is 37.3 Å². The predicted octanol–water partition coefficient (Wildman–Crippen LogP) is 0.750. The standard InChI is InChI=1S/C10H18Cl2O4/c11-3-7(13)1-9(4-12)16-6-10-2-8(14)5-15-10/h7-10,13-14H,1-6H2. The summed E-state index contributed by atoms with van der Waals surface area (Å²) in [7, 11) is 0. The van der Waals surface area contributed by atoms with E-state index in [0.29, 0.717) is 31.9 Å². The zero-order valence-electron chi connectivity index (χ0n) is 9.02. The van der Waals surface area contributed by atoms with Crippen molar-refractivity contribution in [3.8, 4) is 0 Å². The van der Waals surface area contributed by atoms with Gasteiger partial charge in [0.2, 0.25) is 0 Å². The Labute approximate surface area is 105 Å². The maximum absolute atomic E-state index is 9.35. The third kappa shape index (κ3) is 5.17. The van der Waals surface area contributed by atoms with Crippen LogP contribution < -0.4 is 0 Å². The van der Waals surface area contributed by atoms with Crippen molar-refractivity contribution in [2.75, 3.05) is 25.0 Å². The van der Waals surface area contributed by atoms with E-state index in [4.69, 9.17) is 32.7 Å². The molecule has 4 nitrogen and oxygen atoms in total. The van der Waals surface area contributed by atoms with Crippen LogP contribution in [0.1, 0.15) is 12.8 Å². The Morgan fingerprint density at radius 1 is 1.38 bits per heavy atom. The fraction of sp³-hybridized carbons (Fsp3) is 1.00. The van der Waals surface area contributed by atoms with Gasteiger partial charge in [0, 0.05) is 24.6 Å². The van der Waals surface area contributed by atoms with Crippen molar-refractivity contribution in [3.05, 3.63) is 0 Å². The van der Waals surface area contributed by atoms with Crippen molar-refractivity contribution >= 4 is 23.2 Å². The summed E-state index contributed by atoms with van der Waals surface area (Å²) >= 11 is 11.2. The number of aliphatic hydroxyl groups is 2. The maximum Gasteiger partial charge on any atom is 0.0835 e. The second kappa shape index (κ2) is 7.69. The first-order chi connectivity index (χ1) is 7.65. The summed E-state index contributed by atoms with van der Waals surface area (Å²) < 4.78 is 10.8. The second-order valence-electron chi connectivity index (χ2n) is 4.00. The van der Waals surface area contributed by atoms with Crippen LogP contribution in [0.5, 0.6) is 0 Å². The zero-order valence-corrected chi connectivity index (χ0v) is 10.5. The van der Waals surface area contributed by atoms with Gasteiger partial charge in [-0.15, -0.1) is 23.2 Å². The molecule has 0 aromatic carbocycles. The number of ether oxygens (including phenoxy) is 2. The van der Waals surface area contributed by atoms with E-state index in [1.165, 1.54) is 0 Å². The highest BCUT2D eigenvalue weighted by Crippen LogP contribution is 2.15. The van der Waals surface area contributed by atoms with Crippen LogP contribution in [-0.4, -0.2) is 59.6 Å². The van der Waals surface area contributed by atoms with Gasteiger partial charge < -0.3 is 19.7 Å². The molecule has 2 N–H and O–H groups in total. The minimum absolute atomic E-state index is 0.0751. The summed E-state index contributed by atoms with van der Waals surface area (Å²) in [5, 5.41) is 18.6. The Bertz CT molecular complexity index is 194. The lowest BCUT2D eigenvalue weighted by molar-refractivity contribution is -0.0271. The van der Waals surface area contributed by atoms with Gasteiger partial charge in [-0.2, -0.15) is 0 Å². The summed E-state index contributed by atoms with van der Waals surface area (Å²) in [4.78, 5) is 0. The molecule has 0 aliphatic carbocycles. The van der Waals surface area contributed by atoms with Crippen LogP contribution in [0.2, 0.25) is 0 Å². The van der Waals surface area contributed by atoms with Crippen molar-refractivity contribution in [2.24, 2.45) is 0 Å². The monoisotopic (exact) mass is 272 g/mol. The molecule has 6 heteroatoms. The molecular formula is C10H18Cl2O4. The third-order valence-corrected chi connectivity index (χ3v) is 3.16. The molecule has 0 saturated carbocycles. The summed E-state index contributed by atoms with van der Waals surface area (Å²) in [5.74, 6) is 0.485. The molecule has 1 heterocycles. The molecule has 0 aromatic rings. The van der Waals surface area contributed by atoms with E-state index in [2.05, 4.69) is 0 Å². The second-order valence-corrected chi connectivity index (χ2v) is 4.62. The Morgan fingerprint density at radius 2 is 2.12 bits per heavy atom. The molecule has 96 valence electrons. The van der Waals surface area contributed by atoms with E-state index in [0.717, 1.165) is 0 Å². The third-order valence-electron chi connectivity index (χ3n) is 2.46. The first kappa shape index (κ1) is 14.5. The molecule has 1 fully saturated rings. The number of alkyl halides is 2. The highest BCUT2D eigenvalue weighted by atomic mass is 35.5. The molecule has 1 aliphatic rings. The lowest BCUT2D eigenvalue weighted by atomic mass is 10.2. The number of halogens is 2. The van der Waals surface area contributed by atoms with Crippen LogP contribution in [-0.2, 0) is 9.47 Å². The molecule has 0 spiro atoms. The van der Waals surface area contributed by atoms with Gasteiger partial charge in [-0.3, -0.25) is 0 Å². The minimum Gasteiger partial charge on any atom is -0.392 e. The molecule has 0 aromatic heterocycles. The predicted molar refractivity (Wildman–Crippen MR) is 62.2 cm³/mol. The molecule has 1 rings (SSSR count). The fourth-order valence-electron chi connectivity index (χ4n) is 1.59. The molecule has 1 aliphatic heterocycles. The van der Waals surface area contributed by atoms with Crippen molar-refractivity contribution in [3.63, 3.8) is 0 Å². The average molecular weight is 273 g/mol. The molecule has 4 unspecified atom stereocenters. The number of rotatable bonds is 7. The quantitative estimate of drug-likeness (QED) is 0.672. The fourth-order valence-corrected chi connectivity index (χ4v) is 1.93. The van der Waals surface area contributed by atoms with Crippen LogP contribution in [0.4, 0.5) is 0 Å². The Kier molecular flexibility index (Phi) is 6.96. The highest BCUT2D eigenvalue weighted by Gasteiger charge is 2.25. The molecule has 1 saturated heterocycles. The molecule has 4 atom stereocenters. The van der Waals surface area contributed by atoms with E-state index < -0.39 is 12.2 Å². The van der Waals surface area contributed by atoms with Crippen molar-refractivity contribution in [1.29, 1.82) is 0 Å². The van der Waals surface area contributed by atoms with Crippen LogP contribution in [0.3, 0.4) is 0 Å². The molecule has 16 heavy (non-hydrogen) atoms. The van der Waals surface area contributed by atoms with Gasteiger partial charge in [-0.25, -0.2) is 0 Å². The van der Waals surface area contributed by atoms with E-state index in [1.54, 1.807) is 0 Å². The normalized spacial score (nSPS) is 29.2. The van der Waals surface area contributed by atoms with E-state index >= 15 is 0 Å². The Hall–Kier alpha value is 0.420. The first-order valence-electron chi connectivity index (χ1n) is 5.37. The smallest absolute Gasteiger partial charge is 0.0835 e. The molecular weight excluding hydrogens is 255 g/mol. The Morgan fingerprint density at radius 3 is 2.62 bits per heavy atom. The van der Waals surface area contributed by atoms with Crippen molar-refractivity contribution in [1.82, 2.24) is 0 Å². The first-order valence-corrected chi connectivity index (χ1v) is 6.43. The van der Waals surface area contributed by atoms with Gasteiger partial charge in [-0.1, -0.05) is 0 Å². The van der Waals surface area contributed by atoms with Crippen LogP contribution in [0, 0.1) is 0 Å². The van der Waals surface area contributed by atoms with Crippen molar-refractivity contribution < 1.29 is 19.7 Å². The summed E-state index contributed by atoms with van der Waals surface area (Å²) in [6.45, 7) is 0.757. The van der Waals surface area contributed by atoms with Gasteiger partial charge in [0.1, 0.15) is 0 Å². The van der Waals surface area contributed by atoms with Gasteiger partial charge >= 0.3 is 0 Å². The largest absolute Gasteiger partial charge is 0.392 e. The lowest BCUT2D eigenvalue weighted by Crippen LogP contribution is -2.27. The SMILES string of the molecule is OC(CCl)CC(CCl)OCC1CC(O)CO1. The molecule has 0 amide bonds. The lowest BCUT2D eigenvalue weighted by Gasteiger charge is -2.19. The summed E-state index contributed by atoms with van der Waals surface area (Å²) in [6.07, 6.45) is -0.280. The summed E-state index contributed by atoms with van der Waals surface area (Å²) in [6, 6.07) is 0. The number of hydrogen-bond acceptors (Lipinski definition) is 4. The maximum atomic E-state index is 9.35. The van der Waals surface area contributed by atoms with E-state index in [-0.39, 0.29) is 18.1 Å². The Balaban J connectivity index is 2.18. The topological polar surface area (TPSA) is 58.9 Å². The zero-order chi connectivity index (χ0) is 12.0. The summed E-state index contributed by atoms with van der Waals surface area (Å²) in [5.41, 5.74) is 0. The van der Waals surface area contributed by atoms with Crippen LogP contribution >= 0.6 is 23.2 Å². The van der Waals surface area contributed by atoms with Gasteiger partial charge in [0.25, 0.3) is 0 Å². The van der Waals surface area contributed by atoms with Gasteiger partial charge in [-0.05, 0) is 0 Å². The number of hydrogen-bond donors (Lipinski definition) is 2. The van der Waals surface area contributed by atoms with Crippen LogP contribution in [0.25, 0.3) is 0 Å². The minimum atomic E-state index is -0.597. The number of aliphatic hydroxyl groups excluding tert-OH is 2. The van der Waals surface area contributed by atoms with E-state index in [1.807, 2.05) is 0 Å².